The molecule has 5 nitrogen and oxygen atoms in total. The number of hydrogen-bond acceptors (Lipinski definition) is 5. The first-order valence-corrected chi connectivity index (χ1v) is 8.56. The van der Waals surface area contributed by atoms with Crippen LogP contribution in [-0.4, -0.2) is 10.1 Å². The number of nitrogens with zero attached hydrogens (tertiary/aromatic N) is 2. The summed E-state index contributed by atoms with van der Waals surface area (Å²) in [6.45, 7) is 0. The fraction of sp³-hybridized carbons (Fsp3) is 0.222. The van der Waals surface area contributed by atoms with Crippen LogP contribution in [0.5, 0.6) is 0 Å². The first kappa shape index (κ1) is 18.0. The van der Waals surface area contributed by atoms with E-state index in [1.807, 2.05) is 18.2 Å². The molecule has 2 N–H and O–H groups in total. The van der Waals surface area contributed by atoms with E-state index in [1.54, 1.807) is 6.07 Å². The highest BCUT2D eigenvalue weighted by Crippen LogP contribution is 2.33. The molecule has 1 aliphatic heterocycles. The maximum absolute atomic E-state index is 12.9. The molecule has 1 fully saturated rings. The maximum atomic E-state index is 12.9. The molecule has 0 amide bonds. The zero-order chi connectivity index (χ0) is 19.0. The molecule has 1 aromatic heterocycles. The van der Waals surface area contributed by atoms with Crippen LogP contribution in [-0.2, 0) is 6.18 Å². The highest BCUT2D eigenvalue weighted by atomic mass is 35.5. The summed E-state index contributed by atoms with van der Waals surface area (Å²) < 4.78 is 43.9. The Bertz CT molecular complexity index is 960. The van der Waals surface area contributed by atoms with Crippen molar-refractivity contribution in [1.82, 2.24) is 21.0 Å². The predicted molar refractivity (Wildman–Crippen MR) is 92.6 cm³/mol. The summed E-state index contributed by atoms with van der Waals surface area (Å²) in [5, 5.41) is 4.46. The summed E-state index contributed by atoms with van der Waals surface area (Å²) in [5.41, 5.74) is 6.71. The van der Waals surface area contributed by atoms with Gasteiger partial charge in [-0.3, -0.25) is 0 Å². The standard InChI is InChI=1S/C18H14ClF3N4O/c19-13-6-2-3-10(8-13)14-9-15(25-24-14)17-23-16(26-27-17)11-4-1-5-12(7-11)18(20,21)22/h1-8,14-15,24-25H,9H2. The van der Waals surface area contributed by atoms with Crippen LogP contribution in [0.25, 0.3) is 11.4 Å². The summed E-state index contributed by atoms with van der Waals surface area (Å²) in [5.74, 6) is 0.420. The van der Waals surface area contributed by atoms with Crippen molar-refractivity contribution < 1.29 is 17.7 Å². The van der Waals surface area contributed by atoms with Gasteiger partial charge in [0.05, 0.1) is 5.56 Å². The summed E-state index contributed by atoms with van der Waals surface area (Å²) in [4.78, 5) is 4.26. The Kier molecular flexibility index (Phi) is 4.63. The van der Waals surface area contributed by atoms with E-state index >= 15 is 0 Å². The van der Waals surface area contributed by atoms with Crippen LogP contribution in [0.3, 0.4) is 0 Å². The molecule has 140 valence electrons. The van der Waals surface area contributed by atoms with E-state index in [0.717, 1.165) is 17.7 Å². The van der Waals surface area contributed by atoms with Gasteiger partial charge in [-0.25, -0.2) is 10.9 Å². The molecule has 2 heterocycles. The molecule has 0 aliphatic carbocycles. The van der Waals surface area contributed by atoms with Crippen molar-refractivity contribution >= 4 is 11.6 Å². The number of benzene rings is 2. The highest BCUT2D eigenvalue weighted by Gasteiger charge is 2.32. The molecule has 4 rings (SSSR count). The van der Waals surface area contributed by atoms with Gasteiger partial charge in [-0.15, -0.1) is 0 Å². The van der Waals surface area contributed by atoms with Crippen LogP contribution in [0, 0.1) is 0 Å². The summed E-state index contributed by atoms with van der Waals surface area (Å²) in [6.07, 6.45) is -3.80. The lowest BCUT2D eigenvalue weighted by Crippen LogP contribution is -2.26. The number of halogens is 4. The smallest absolute Gasteiger partial charge is 0.337 e. The van der Waals surface area contributed by atoms with E-state index in [2.05, 4.69) is 21.0 Å². The zero-order valence-corrected chi connectivity index (χ0v) is 14.6. The van der Waals surface area contributed by atoms with E-state index in [-0.39, 0.29) is 23.5 Å². The fourth-order valence-corrected chi connectivity index (χ4v) is 3.19. The lowest BCUT2D eigenvalue weighted by Gasteiger charge is -2.09. The molecule has 2 unspecified atom stereocenters. The van der Waals surface area contributed by atoms with Crippen molar-refractivity contribution in [3.63, 3.8) is 0 Å². The second kappa shape index (κ2) is 6.95. The van der Waals surface area contributed by atoms with Gasteiger partial charge in [0.1, 0.15) is 6.04 Å². The van der Waals surface area contributed by atoms with Crippen molar-refractivity contribution in [2.45, 2.75) is 24.7 Å². The Morgan fingerprint density at radius 3 is 2.59 bits per heavy atom. The molecule has 27 heavy (non-hydrogen) atoms. The third-order valence-electron chi connectivity index (χ3n) is 4.34. The van der Waals surface area contributed by atoms with Gasteiger partial charge >= 0.3 is 6.18 Å². The van der Waals surface area contributed by atoms with E-state index in [1.165, 1.54) is 12.1 Å². The molecule has 0 bridgehead atoms. The minimum absolute atomic E-state index is 0.00222. The Morgan fingerprint density at radius 2 is 1.81 bits per heavy atom. The monoisotopic (exact) mass is 394 g/mol. The van der Waals surface area contributed by atoms with Gasteiger partial charge in [0, 0.05) is 16.6 Å². The van der Waals surface area contributed by atoms with Crippen molar-refractivity contribution in [3.8, 4) is 11.4 Å². The molecule has 2 aromatic carbocycles. The van der Waals surface area contributed by atoms with Gasteiger partial charge in [-0.05, 0) is 36.2 Å². The van der Waals surface area contributed by atoms with E-state index in [4.69, 9.17) is 16.1 Å². The number of rotatable bonds is 3. The molecule has 3 aromatic rings. The second-order valence-corrected chi connectivity index (χ2v) is 6.66. The quantitative estimate of drug-likeness (QED) is 0.674. The van der Waals surface area contributed by atoms with Crippen molar-refractivity contribution in [1.29, 1.82) is 0 Å². The number of aromatic nitrogens is 2. The van der Waals surface area contributed by atoms with Gasteiger partial charge < -0.3 is 4.52 Å². The summed E-state index contributed by atoms with van der Waals surface area (Å²) in [6, 6.07) is 12.1. The second-order valence-electron chi connectivity index (χ2n) is 6.22. The van der Waals surface area contributed by atoms with Crippen LogP contribution in [0.15, 0.2) is 53.1 Å². The fourth-order valence-electron chi connectivity index (χ4n) is 2.99. The molecule has 0 spiro atoms. The molecule has 0 radical (unpaired) electrons. The van der Waals surface area contributed by atoms with Crippen LogP contribution >= 0.6 is 11.6 Å². The van der Waals surface area contributed by atoms with E-state index in [9.17, 15) is 13.2 Å². The first-order chi connectivity index (χ1) is 12.9. The summed E-state index contributed by atoms with van der Waals surface area (Å²) in [7, 11) is 0. The minimum Gasteiger partial charge on any atom is -0.337 e. The zero-order valence-electron chi connectivity index (χ0n) is 13.8. The van der Waals surface area contributed by atoms with E-state index < -0.39 is 11.7 Å². The SMILES string of the molecule is FC(F)(F)c1cccc(-c2noc(C3CC(c4cccc(Cl)c4)NN3)n2)c1. The Labute approximate surface area is 157 Å². The van der Waals surface area contributed by atoms with Crippen molar-refractivity contribution in [3.05, 3.63) is 70.6 Å². The average molecular weight is 395 g/mol. The topological polar surface area (TPSA) is 63.0 Å². The van der Waals surface area contributed by atoms with Crippen molar-refractivity contribution in [2.24, 2.45) is 0 Å². The molecule has 9 heteroatoms. The molecule has 0 saturated carbocycles. The molecule has 2 atom stereocenters. The highest BCUT2D eigenvalue weighted by molar-refractivity contribution is 6.30. The van der Waals surface area contributed by atoms with Gasteiger partial charge in [0.15, 0.2) is 0 Å². The number of nitrogens with one attached hydrogen (secondary N) is 2. The molecule has 1 aliphatic rings. The minimum atomic E-state index is -4.43. The van der Waals surface area contributed by atoms with Crippen LogP contribution in [0.2, 0.25) is 5.02 Å². The van der Waals surface area contributed by atoms with Gasteiger partial charge in [-0.1, -0.05) is 41.0 Å². The maximum Gasteiger partial charge on any atom is 0.416 e. The molecular formula is C18H14ClF3N4O. The lowest BCUT2D eigenvalue weighted by atomic mass is 10.0. The van der Waals surface area contributed by atoms with Gasteiger partial charge in [-0.2, -0.15) is 18.2 Å². The van der Waals surface area contributed by atoms with Crippen LogP contribution in [0.1, 0.15) is 35.5 Å². The first-order valence-electron chi connectivity index (χ1n) is 8.18. The third kappa shape index (κ3) is 3.83. The summed E-state index contributed by atoms with van der Waals surface area (Å²) >= 11 is 6.02. The predicted octanol–water partition coefficient (Wildman–Crippen LogP) is 4.69. The number of hydrazine groups is 1. The van der Waals surface area contributed by atoms with Crippen LogP contribution < -0.4 is 10.9 Å². The lowest BCUT2D eigenvalue weighted by molar-refractivity contribution is -0.137. The molecular weight excluding hydrogens is 381 g/mol. The van der Waals surface area contributed by atoms with E-state index in [0.29, 0.717) is 17.3 Å². The number of alkyl halides is 3. The van der Waals surface area contributed by atoms with Crippen molar-refractivity contribution in [2.75, 3.05) is 0 Å². The average Bonchev–Trinajstić information content (AvgIpc) is 3.31. The normalized spacial score (nSPS) is 20.1. The Hall–Kier alpha value is -2.42. The Balaban J connectivity index is 1.52. The van der Waals surface area contributed by atoms with Gasteiger partial charge in [0.25, 0.3) is 0 Å². The largest absolute Gasteiger partial charge is 0.416 e. The third-order valence-corrected chi connectivity index (χ3v) is 4.58. The van der Waals surface area contributed by atoms with Gasteiger partial charge in [0.2, 0.25) is 11.7 Å². The number of hydrogen-bond donors (Lipinski definition) is 2. The van der Waals surface area contributed by atoms with Crippen LogP contribution in [0.4, 0.5) is 13.2 Å². The Morgan fingerprint density at radius 1 is 1.04 bits per heavy atom. The molecule has 1 saturated heterocycles.